The lowest BCUT2D eigenvalue weighted by atomic mass is 10.2. The molecule has 0 aromatic heterocycles. The standard InChI is InChI=1S/C16H27N2S/c1-13(2)18(14(3)4)11-10-15(17)12-19-16-8-6-5-7-9-16/h5-9,13-15,17H,10-12H2,1-4H3/t15-/m1/s1. The summed E-state index contributed by atoms with van der Waals surface area (Å²) in [5.41, 5.74) is 8.15. The van der Waals surface area contributed by atoms with Crippen LogP contribution in [0.3, 0.4) is 0 Å². The van der Waals surface area contributed by atoms with E-state index in [0.29, 0.717) is 12.1 Å². The maximum Gasteiger partial charge on any atom is 0.0319 e. The SMILES string of the molecule is CC(C)N(CC[C@@H]([NH])CSc1ccccc1)C(C)C. The molecule has 1 atom stereocenters. The van der Waals surface area contributed by atoms with E-state index in [4.69, 9.17) is 5.73 Å². The molecule has 0 amide bonds. The number of nitrogens with zero attached hydrogens (tertiary/aromatic N) is 1. The Balaban J connectivity index is 2.29. The van der Waals surface area contributed by atoms with Gasteiger partial charge in [-0.25, -0.2) is 0 Å². The summed E-state index contributed by atoms with van der Waals surface area (Å²) in [6.07, 6.45) is 0.955. The number of rotatable bonds is 8. The van der Waals surface area contributed by atoms with Crippen LogP contribution in [0.15, 0.2) is 35.2 Å². The van der Waals surface area contributed by atoms with Gasteiger partial charge in [-0.3, -0.25) is 10.6 Å². The van der Waals surface area contributed by atoms with Crippen LogP contribution >= 0.6 is 11.8 Å². The van der Waals surface area contributed by atoms with Gasteiger partial charge >= 0.3 is 0 Å². The lowest BCUT2D eigenvalue weighted by Gasteiger charge is -2.31. The second-order valence-corrected chi connectivity index (χ2v) is 6.63. The zero-order valence-corrected chi connectivity index (χ0v) is 13.4. The van der Waals surface area contributed by atoms with Crippen molar-refractivity contribution < 1.29 is 0 Å². The molecule has 0 aliphatic carbocycles. The van der Waals surface area contributed by atoms with Gasteiger partial charge in [0.15, 0.2) is 0 Å². The molecular formula is C16H27N2S. The first kappa shape index (κ1) is 16.5. The third-order valence-corrected chi connectivity index (χ3v) is 4.43. The fourth-order valence-electron chi connectivity index (χ4n) is 2.21. The van der Waals surface area contributed by atoms with E-state index in [0.717, 1.165) is 18.7 Å². The molecule has 0 heterocycles. The van der Waals surface area contributed by atoms with Crippen molar-refractivity contribution in [2.45, 2.75) is 57.1 Å². The van der Waals surface area contributed by atoms with Gasteiger partial charge < -0.3 is 0 Å². The van der Waals surface area contributed by atoms with E-state index in [1.807, 2.05) is 6.07 Å². The van der Waals surface area contributed by atoms with Crippen molar-refractivity contribution in [1.29, 1.82) is 0 Å². The maximum atomic E-state index is 8.15. The Kier molecular flexibility index (Phi) is 7.51. The zero-order chi connectivity index (χ0) is 14.3. The van der Waals surface area contributed by atoms with Crippen molar-refractivity contribution >= 4 is 11.8 Å². The molecule has 0 aliphatic heterocycles. The lowest BCUT2D eigenvalue weighted by Crippen LogP contribution is -2.39. The van der Waals surface area contributed by atoms with E-state index < -0.39 is 0 Å². The molecule has 1 aromatic carbocycles. The second-order valence-electron chi connectivity index (χ2n) is 5.53. The topological polar surface area (TPSA) is 27.0 Å². The van der Waals surface area contributed by atoms with E-state index in [1.54, 1.807) is 11.8 Å². The quantitative estimate of drug-likeness (QED) is 0.674. The van der Waals surface area contributed by atoms with Crippen molar-refractivity contribution in [2.75, 3.05) is 12.3 Å². The molecular weight excluding hydrogens is 252 g/mol. The number of hydrogen-bond donors (Lipinski definition) is 0. The van der Waals surface area contributed by atoms with Gasteiger partial charge in [0.25, 0.3) is 0 Å². The van der Waals surface area contributed by atoms with Gasteiger partial charge in [-0.1, -0.05) is 18.2 Å². The van der Waals surface area contributed by atoms with Crippen LogP contribution in [0, 0.1) is 0 Å². The minimum absolute atomic E-state index is 0.0187. The molecule has 19 heavy (non-hydrogen) atoms. The van der Waals surface area contributed by atoms with E-state index >= 15 is 0 Å². The lowest BCUT2D eigenvalue weighted by molar-refractivity contribution is 0.170. The van der Waals surface area contributed by atoms with Gasteiger partial charge in [0.2, 0.25) is 0 Å². The average Bonchev–Trinajstić information content (AvgIpc) is 2.37. The number of nitrogens with one attached hydrogen (secondary N) is 1. The summed E-state index contributed by atoms with van der Waals surface area (Å²) in [7, 11) is 0. The molecule has 0 spiro atoms. The van der Waals surface area contributed by atoms with Gasteiger partial charge in [-0.05, 0) is 46.2 Å². The molecule has 0 saturated heterocycles. The van der Waals surface area contributed by atoms with Crippen LogP contribution in [0.2, 0.25) is 0 Å². The highest BCUT2D eigenvalue weighted by Gasteiger charge is 2.14. The first-order valence-corrected chi connectivity index (χ1v) is 8.14. The molecule has 1 rings (SSSR count). The Morgan fingerprint density at radius 2 is 1.63 bits per heavy atom. The summed E-state index contributed by atoms with van der Waals surface area (Å²) in [5, 5.41) is 0. The molecule has 1 radical (unpaired) electrons. The van der Waals surface area contributed by atoms with Crippen molar-refractivity contribution in [2.24, 2.45) is 0 Å². The predicted molar refractivity (Wildman–Crippen MR) is 85.6 cm³/mol. The summed E-state index contributed by atoms with van der Waals surface area (Å²) in [4.78, 5) is 3.73. The summed E-state index contributed by atoms with van der Waals surface area (Å²) in [6.45, 7) is 9.96. The molecule has 1 N–H and O–H groups in total. The van der Waals surface area contributed by atoms with Crippen LogP contribution in [0.25, 0.3) is 0 Å². The summed E-state index contributed by atoms with van der Waals surface area (Å²) >= 11 is 1.79. The summed E-state index contributed by atoms with van der Waals surface area (Å²) in [5.74, 6) is 0.883. The van der Waals surface area contributed by atoms with Crippen molar-refractivity contribution in [1.82, 2.24) is 10.6 Å². The molecule has 0 bridgehead atoms. The highest BCUT2D eigenvalue weighted by atomic mass is 32.2. The van der Waals surface area contributed by atoms with Crippen LogP contribution in [-0.4, -0.2) is 35.3 Å². The largest absolute Gasteiger partial charge is 0.298 e. The Hall–Kier alpha value is -0.510. The van der Waals surface area contributed by atoms with E-state index in [1.165, 1.54) is 4.90 Å². The van der Waals surface area contributed by atoms with Gasteiger partial charge in [0, 0.05) is 35.3 Å². The van der Waals surface area contributed by atoms with Crippen LogP contribution in [0.5, 0.6) is 0 Å². The monoisotopic (exact) mass is 279 g/mol. The molecule has 0 unspecified atom stereocenters. The van der Waals surface area contributed by atoms with Crippen molar-refractivity contribution in [3.8, 4) is 0 Å². The fourth-order valence-corrected chi connectivity index (χ4v) is 3.12. The Bertz CT molecular complexity index is 330. The summed E-state index contributed by atoms with van der Waals surface area (Å²) in [6, 6.07) is 11.5. The minimum atomic E-state index is 0.0187. The van der Waals surface area contributed by atoms with Crippen LogP contribution in [-0.2, 0) is 0 Å². The van der Waals surface area contributed by atoms with Gasteiger partial charge in [0.1, 0.15) is 0 Å². The molecule has 3 heteroatoms. The van der Waals surface area contributed by atoms with Crippen molar-refractivity contribution in [3.05, 3.63) is 30.3 Å². The van der Waals surface area contributed by atoms with Crippen LogP contribution < -0.4 is 5.73 Å². The third kappa shape index (κ3) is 6.46. The smallest absolute Gasteiger partial charge is 0.0319 e. The molecule has 1 aromatic rings. The normalized spacial score (nSPS) is 13.5. The molecule has 0 fully saturated rings. The van der Waals surface area contributed by atoms with Gasteiger partial charge in [-0.15, -0.1) is 11.8 Å². The van der Waals surface area contributed by atoms with E-state index in [9.17, 15) is 0 Å². The fraction of sp³-hybridized carbons (Fsp3) is 0.625. The minimum Gasteiger partial charge on any atom is -0.298 e. The Labute approximate surface area is 122 Å². The van der Waals surface area contributed by atoms with Gasteiger partial charge in [0.05, 0.1) is 0 Å². The maximum absolute atomic E-state index is 8.15. The third-order valence-electron chi connectivity index (χ3n) is 3.26. The first-order valence-electron chi connectivity index (χ1n) is 7.15. The number of thioether (sulfide) groups is 1. The molecule has 0 aliphatic rings. The summed E-state index contributed by atoms with van der Waals surface area (Å²) < 4.78 is 0. The highest BCUT2D eigenvalue weighted by Crippen LogP contribution is 2.19. The predicted octanol–water partition coefficient (Wildman–Crippen LogP) is 3.94. The van der Waals surface area contributed by atoms with Crippen LogP contribution in [0.4, 0.5) is 0 Å². The first-order chi connectivity index (χ1) is 9.00. The van der Waals surface area contributed by atoms with Gasteiger partial charge in [-0.2, -0.15) is 0 Å². The zero-order valence-electron chi connectivity index (χ0n) is 12.6. The van der Waals surface area contributed by atoms with Crippen LogP contribution in [0.1, 0.15) is 34.1 Å². The van der Waals surface area contributed by atoms with Crippen molar-refractivity contribution in [3.63, 3.8) is 0 Å². The second kappa shape index (κ2) is 8.62. The Morgan fingerprint density at radius 3 is 2.16 bits per heavy atom. The highest BCUT2D eigenvalue weighted by molar-refractivity contribution is 7.99. The van der Waals surface area contributed by atoms with E-state index in [-0.39, 0.29) is 6.04 Å². The molecule has 2 nitrogen and oxygen atoms in total. The molecule has 0 saturated carbocycles. The average molecular weight is 279 g/mol. The number of hydrogen-bond acceptors (Lipinski definition) is 2. The number of benzene rings is 1. The molecule has 107 valence electrons. The van der Waals surface area contributed by atoms with E-state index in [2.05, 4.69) is 56.9 Å². The Morgan fingerprint density at radius 1 is 1.05 bits per heavy atom.